The molecule has 0 aromatic heterocycles. The molecular weight excluding hydrogens is 493 g/mol. The first-order valence-corrected chi connectivity index (χ1v) is 11.5. The van der Waals surface area contributed by atoms with Gasteiger partial charge in [0.05, 0.1) is 16.2 Å². The minimum absolute atomic E-state index is 0.112. The Balaban J connectivity index is 1.65. The summed E-state index contributed by atoms with van der Waals surface area (Å²) in [6, 6.07) is 16.5. The van der Waals surface area contributed by atoms with E-state index in [2.05, 4.69) is 25.6 Å². The van der Waals surface area contributed by atoms with Crippen molar-refractivity contribution in [2.45, 2.75) is 17.5 Å². The second-order valence-electron chi connectivity index (χ2n) is 6.99. The summed E-state index contributed by atoms with van der Waals surface area (Å²) in [5.41, 5.74) is 2.00. The monoisotopic (exact) mass is 508 g/mol. The Hall–Kier alpha value is -2.65. The highest BCUT2D eigenvalue weighted by molar-refractivity contribution is 9.10. The van der Waals surface area contributed by atoms with Crippen molar-refractivity contribution in [2.24, 2.45) is 4.99 Å². The van der Waals surface area contributed by atoms with Crippen LogP contribution in [0.15, 0.2) is 81.1 Å². The molecule has 31 heavy (non-hydrogen) atoms. The quantitative estimate of drug-likeness (QED) is 0.494. The molecule has 0 bridgehead atoms. The van der Waals surface area contributed by atoms with Crippen molar-refractivity contribution in [2.75, 3.05) is 11.3 Å². The molecule has 0 atom stereocenters. The van der Waals surface area contributed by atoms with Gasteiger partial charge in [0.1, 0.15) is 0 Å². The van der Waals surface area contributed by atoms with E-state index in [0.29, 0.717) is 41.1 Å². The Morgan fingerprint density at radius 1 is 0.968 bits per heavy atom. The predicted octanol–water partition coefficient (Wildman–Crippen LogP) is 5.66. The minimum atomic E-state index is -4.41. The number of nitrogens with zero attached hydrogens (tertiary/aromatic N) is 1. The lowest BCUT2D eigenvalue weighted by atomic mass is 9.91. The number of alkyl halides is 3. The molecule has 0 amide bonds. The first-order valence-electron chi connectivity index (χ1n) is 9.27. The number of benzene rings is 3. The van der Waals surface area contributed by atoms with E-state index in [1.165, 1.54) is 18.2 Å². The summed E-state index contributed by atoms with van der Waals surface area (Å²) in [4.78, 5) is 4.60. The number of rotatable bonds is 4. The van der Waals surface area contributed by atoms with Gasteiger partial charge in [0.2, 0.25) is 0 Å². The van der Waals surface area contributed by atoms with Gasteiger partial charge in [0, 0.05) is 27.8 Å². The van der Waals surface area contributed by atoms with E-state index in [1.54, 1.807) is 36.4 Å². The maximum absolute atomic E-state index is 13.1. The Labute approximate surface area is 186 Å². The van der Waals surface area contributed by atoms with Gasteiger partial charge in [0.15, 0.2) is 0 Å². The zero-order valence-electron chi connectivity index (χ0n) is 15.9. The highest BCUT2D eigenvalue weighted by Gasteiger charge is 2.31. The predicted molar refractivity (Wildman–Crippen MR) is 117 cm³/mol. The van der Waals surface area contributed by atoms with Crippen molar-refractivity contribution in [1.29, 1.82) is 0 Å². The third-order valence-electron chi connectivity index (χ3n) is 4.85. The molecule has 4 nitrogen and oxygen atoms in total. The van der Waals surface area contributed by atoms with Crippen LogP contribution in [0.3, 0.4) is 0 Å². The third-order valence-corrected chi connectivity index (χ3v) is 6.78. The van der Waals surface area contributed by atoms with Crippen molar-refractivity contribution in [3.63, 3.8) is 0 Å². The number of sulfonamides is 1. The second kappa shape index (κ2) is 8.12. The molecule has 0 fully saturated rings. The van der Waals surface area contributed by atoms with Crippen LogP contribution in [-0.2, 0) is 22.6 Å². The van der Waals surface area contributed by atoms with Crippen LogP contribution in [0, 0.1) is 0 Å². The average molecular weight is 509 g/mol. The van der Waals surface area contributed by atoms with Crippen LogP contribution in [-0.4, -0.2) is 20.7 Å². The molecule has 1 aliphatic heterocycles. The van der Waals surface area contributed by atoms with Gasteiger partial charge in [-0.25, -0.2) is 8.42 Å². The number of halogens is 4. The molecule has 9 heteroatoms. The molecule has 3 aromatic carbocycles. The summed E-state index contributed by atoms with van der Waals surface area (Å²) in [6.07, 6.45) is -3.99. The number of fused-ring (bicyclic) bond motifs is 1. The summed E-state index contributed by atoms with van der Waals surface area (Å²) in [5.74, 6) is 0. The molecule has 160 valence electrons. The second-order valence-corrected chi connectivity index (χ2v) is 9.59. The van der Waals surface area contributed by atoms with Crippen LogP contribution in [0.4, 0.5) is 18.9 Å². The SMILES string of the molecule is O=S(=O)(Nc1cccc(C2=NCCc3cc(C(F)(F)F)ccc32)c1)c1ccc(Br)cc1. The van der Waals surface area contributed by atoms with Crippen molar-refractivity contribution in [1.82, 2.24) is 0 Å². The summed E-state index contributed by atoms with van der Waals surface area (Å²) in [7, 11) is -3.80. The Morgan fingerprint density at radius 2 is 1.71 bits per heavy atom. The number of aliphatic imine (C=N–C) groups is 1. The van der Waals surface area contributed by atoms with E-state index in [4.69, 9.17) is 0 Å². The average Bonchev–Trinajstić information content (AvgIpc) is 2.72. The zero-order valence-corrected chi connectivity index (χ0v) is 18.4. The third kappa shape index (κ3) is 4.67. The lowest BCUT2D eigenvalue weighted by Gasteiger charge is -2.19. The van der Waals surface area contributed by atoms with E-state index in [0.717, 1.165) is 16.6 Å². The summed E-state index contributed by atoms with van der Waals surface area (Å²) >= 11 is 3.27. The normalized spacial score (nSPS) is 14.0. The van der Waals surface area contributed by atoms with Crippen molar-refractivity contribution >= 4 is 37.4 Å². The van der Waals surface area contributed by atoms with Crippen LogP contribution >= 0.6 is 15.9 Å². The van der Waals surface area contributed by atoms with Crippen LogP contribution < -0.4 is 4.72 Å². The number of hydrogen-bond acceptors (Lipinski definition) is 3. The van der Waals surface area contributed by atoms with Gasteiger partial charge >= 0.3 is 6.18 Å². The topological polar surface area (TPSA) is 58.5 Å². The first kappa shape index (κ1) is 21.6. The highest BCUT2D eigenvalue weighted by Crippen LogP contribution is 2.32. The fraction of sp³-hybridized carbons (Fsp3) is 0.136. The largest absolute Gasteiger partial charge is 0.416 e. The molecule has 0 aliphatic carbocycles. The van der Waals surface area contributed by atoms with Crippen LogP contribution in [0.5, 0.6) is 0 Å². The summed E-state index contributed by atoms with van der Waals surface area (Å²) < 4.78 is 67.8. The summed E-state index contributed by atoms with van der Waals surface area (Å²) in [5, 5.41) is 0. The summed E-state index contributed by atoms with van der Waals surface area (Å²) in [6.45, 7) is 0.360. The standard InChI is InChI=1S/C22H16BrF3N2O2S/c23-17-5-7-19(8-6-17)31(29,30)28-18-3-1-2-15(13-18)21-20-9-4-16(22(24,25)26)12-14(20)10-11-27-21/h1-9,12-13,28H,10-11H2. The van der Waals surface area contributed by atoms with E-state index in [1.807, 2.05) is 0 Å². The van der Waals surface area contributed by atoms with E-state index >= 15 is 0 Å². The van der Waals surface area contributed by atoms with Crippen molar-refractivity contribution in [3.05, 3.63) is 93.5 Å². The first-order chi connectivity index (χ1) is 14.6. The number of anilines is 1. The smallest absolute Gasteiger partial charge is 0.284 e. The Bertz CT molecular complexity index is 1270. The number of nitrogens with one attached hydrogen (secondary N) is 1. The van der Waals surface area contributed by atoms with E-state index < -0.39 is 21.8 Å². The fourth-order valence-electron chi connectivity index (χ4n) is 3.39. The van der Waals surface area contributed by atoms with Gasteiger partial charge in [-0.1, -0.05) is 34.1 Å². The molecule has 0 saturated heterocycles. The van der Waals surface area contributed by atoms with Gasteiger partial charge < -0.3 is 0 Å². The lowest BCUT2D eigenvalue weighted by molar-refractivity contribution is -0.137. The van der Waals surface area contributed by atoms with Gasteiger partial charge in [-0.2, -0.15) is 13.2 Å². The highest BCUT2D eigenvalue weighted by atomic mass is 79.9. The molecule has 0 spiro atoms. The number of hydrogen-bond donors (Lipinski definition) is 1. The molecule has 1 aliphatic rings. The minimum Gasteiger partial charge on any atom is -0.284 e. The molecule has 4 rings (SSSR count). The van der Waals surface area contributed by atoms with Crippen molar-refractivity contribution < 1.29 is 21.6 Å². The lowest BCUT2D eigenvalue weighted by Crippen LogP contribution is -2.17. The van der Waals surface area contributed by atoms with Crippen molar-refractivity contribution in [3.8, 4) is 0 Å². The Kier molecular flexibility index (Phi) is 5.65. The van der Waals surface area contributed by atoms with Crippen LogP contribution in [0.25, 0.3) is 0 Å². The molecule has 1 heterocycles. The van der Waals surface area contributed by atoms with Crippen LogP contribution in [0.2, 0.25) is 0 Å². The molecule has 0 unspecified atom stereocenters. The molecular formula is C22H16BrF3N2O2S. The molecule has 0 saturated carbocycles. The van der Waals surface area contributed by atoms with Gasteiger partial charge in [-0.15, -0.1) is 0 Å². The van der Waals surface area contributed by atoms with Gasteiger partial charge in [-0.3, -0.25) is 9.71 Å². The molecule has 3 aromatic rings. The zero-order chi connectivity index (χ0) is 22.2. The van der Waals surface area contributed by atoms with Crippen LogP contribution in [0.1, 0.15) is 22.3 Å². The van der Waals surface area contributed by atoms with E-state index in [9.17, 15) is 21.6 Å². The maximum atomic E-state index is 13.1. The maximum Gasteiger partial charge on any atom is 0.416 e. The fourth-order valence-corrected chi connectivity index (χ4v) is 4.70. The molecule has 0 radical (unpaired) electrons. The molecule has 1 N–H and O–H groups in total. The Morgan fingerprint density at radius 3 is 2.42 bits per heavy atom. The van der Waals surface area contributed by atoms with Gasteiger partial charge in [0.25, 0.3) is 10.0 Å². The van der Waals surface area contributed by atoms with Gasteiger partial charge in [-0.05, 0) is 60.5 Å². The van der Waals surface area contributed by atoms with E-state index in [-0.39, 0.29) is 4.90 Å².